The highest BCUT2D eigenvalue weighted by atomic mass is 32.2. The first-order valence-electron chi connectivity index (χ1n) is 19.4. The lowest BCUT2D eigenvalue weighted by Crippen LogP contribution is -2.50. The van der Waals surface area contributed by atoms with Gasteiger partial charge in [0.2, 0.25) is 11.8 Å². The summed E-state index contributed by atoms with van der Waals surface area (Å²) in [4.78, 5) is 58.5. The summed E-state index contributed by atoms with van der Waals surface area (Å²) >= 11 is 0. The molecule has 16 heteroatoms. The summed E-state index contributed by atoms with van der Waals surface area (Å²) in [5.74, 6) is -1.15. The Morgan fingerprint density at radius 3 is 2.33 bits per heavy atom. The van der Waals surface area contributed by atoms with Crippen molar-refractivity contribution in [2.24, 2.45) is 23.7 Å². The Balaban J connectivity index is 1.12. The number of morpholine rings is 1. The first-order valence-corrected chi connectivity index (χ1v) is 20.9. The van der Waals surface area contributed by atoms with Gasteiger partial charge in [0.15, 0.2) is 0 Å². The Bertz CT molecular complexity index is 1780. The van der Waals surface area contributed by atoms with Crippen LogP contribution in [0.5, 0.6) is 0 Å². The number of carbonyl (C=O) groups excluding carboxylic acids is 4. The van der Waals surface area contributed by atoms with E-state index in [-0.39, 0.29) is 61.6 Å². The number of carbonyl (C=O) groups is 4. The number of H-pyrrole nitrogens is 1. The Morgan fingerprint density at radius 2 is 1.67 bits per heavy atom. The van der Waals surface area contributed by atoms with Gasteiger partial charge in [0.1, 0.15) is 24.0 Å². The highest BCUT2D eigenvalue weighted by molar-refractivity contribution is 7.87. The summed E-state index contributed by atoms with van der Waals surface area (Å²) in [6.07, 6.45) is 7.77. The molecule has 1 unspecified atom stereocenters. The molecule has 4 amide bonds. The molecule has 2 aliphatic heterocycles. The van der Waals surface area contributed by atoms with Crippen molar-refractivity contribution in [1.29, 1.82) is 0 Å². The van der Waals surface area contributed by atoms with E-state index in [0.717, 1.165) is 32.1 Å². The van der Waals surface area contributed by atoms with Crippen molar-refractivity contribution < 1.29 is 41.5 Å². The molecular formula is C38H55FN6O8S. The second kappa shape index (κ2) is 16.9. The molecule has 3 heterocycles. The highest BCUT2D eigenvalue weighted by Gasteiger charge is 2.47. The zero-order valence-electron chi connectivity index (χ0n) is 31.5. The zero-order valence-corrected chi connectivity index (χ0v) is 32.4. The van der Waals surface area contributed by atoms with Gasteiger partial charge in [-0.25, -0.2) is 13.9 Å². The second-order valence-electron chi connectivity index (χ2n) is 16.3. The zero-order chi connectivity index (χ0) is 38.6. The Kier molecular flexibility index (Phi) is 12.5. The van der Waals surface area contributed by atoms with Crippen LogP contribution in [0.25, 0.3) is 10.9 Å². The first kappa shape index (κ1) is 39.9. The fourth-order valence-corrected chi connectivity index (χ4v) is 9.88. The van der Waals surface area contributed by atoms with Crippen LogP contribution in [0.3, 0.4) is 0 Å². The van der Waals surface area contributed by atoms with Gasteiger partial charge in [0.25, 0.3) is 5.91 Å². The standard InChI is InChI=1S/C38H55FN6O8S/c1-38(2,3)53-37(49)42-32(23-39)25-9-11-26(12-10-25)36(48)45-16-15-29(24-7-5-4-6-8-24)33(45)35(47)40-28-13-14-30-27(21-28)22-31(41-30)34(46)43-54(50,51)44-17-19-52-20-18-44/h13-14,21-22,24-26,29,32-33,41H,4-12,15-20,23H2,1-3H3,(H,40,47)(H,42,49)(H,43,46)/t25-,26-,29?,32-,33+/m1/s1. The van der Waals surface area contributed by atoms with Crippen molar-refractivity contribution >= 4 is 50.6 Å². The van der Waals surface area contributed by atoms with Gasteiger partial charge in [-0.15, -0.1) is 0 Å². The van der Waals surface area contributed by atoms with E-state index in [2.05, 4.69) is 20.3 Å². The highest BCUT2D eigenvalue weighted by Crippen LogP contribution is 2.41. The SMILES string of the molecule is CC(C)(C)OC(=O)N[C@H](CF)[C@H]1CC[C@H](C(=O)N2CCC(C3CCCCC3)[C@H]2C(=O)Nc2ccc3[nH]c(C(=O)NS(=O)(=O)N4CCOCC4)cc3c2)CC1. The third kappa shape index (κ3) is 9.54. The number of benzene rings is 1. The molecule has 1 aromatic heterocycles. The first-order chi connectivity index (χ1) is 25.7. The van der Waals surface area contributed by atoms with Gasteiger partial charge in [-0.2, -0.15) is 12.7 Å². The van der Waals surface area contributed by atoms with E-state index in [1.54, 1.807) is 43.9 Å². The third-order valence-corrected chi connectivity index (χ3v) is 13.0. The minimum absolute atomic E-state index is 0.0271. The molecule has 2 aromatic rings. The minimum Gasteiger partial charge on any atom is -0.444 e. The number of fused-ring (bicyclic) bond motifs is 1. The fourth-order valence-electron chi connectivity index (χ4n) is 8.77. The molecule has 3 atom stereocenters. The van der Waals surface area contributed by atoms with Crippen LogP contribution in [0.1, 0.15) is 95.5 Å². The maximum Gasteiger partial charge on any atom is 0.407 e. The molecule has 4 aliphatic rings. The van der Waals surface area contributed by atoms with E-state index in [9.17, 15) is 32.0 Å². The quantitative estimate of drug-likeness (QED) is 0.264. The summed E-state index contributed by atoms with van der Waals surface area (Å²) in [7, 11) is -4.05. The van der Waals surface area contributed by atoms with Crippen LogP contribution in [0.2, 0.25) is 0 Å². The molecule has 0 spiro atoms. The number of nitrogens with one attached hydrogen (secondary N) is 4. The van der Waals surface area contributed by atoms with Gasteiger partial charge in [-0.1, -0.05) is 32.1 Å². The number of rotatable bonds is 10. The van der Waals surface area contributed by atoms with Crippen molar-refractivity contribution in [3.05, 3.63) is 30.0 Å². The van der Waals surface area contributed by atoms with Crippen molar-refractivity contribution in [2.45, 2.75) is 103 Å². The van der Waals surface area contributed by atoms with Crippen molar-refractivity contribution in [3.8, 4) is 0 Å². The van der Waals surface area contributed by atoms with Crippen molar-refractivity contribution in [2.75, 3.05) is 44.8 Å². The van der Waals surface area contributed by atoms with Crippen LogP contribution < -0.4 is 15.4 Å². The Labute approximate surface area is 316 Å². The van der Waals surface area contributed by atoms with E-state index < -0.39 is 46.6 Å². The van der Waals surface area contributed by atoms with E-state index >= 15 is 0 Å². The number of anilines is 1. The summed E-state index contributed by atoms with van der Waals surface area (Å²) in [5, 5.41) is 6.35. The number of likely N-dealkylation sites (tertiary alicyclic amines) is 1. The summed E-state index contributed by atoms with van der Waals surface area (Å²) in [5.41, 5.74) is 0.446. The number of alkyl halides is 1. The topological polar surface area (TPSA) is 179 Å². The van der Waals surface area contributed by atoms with Crippen LogP contribution in [0.15, 0.2) is 24.3 Å². The normalized spacial score (nSPS) is 25.2. The van der Waals surface area contributed by atoms with E-state index in [0.29, 0.717) is 54.7 Å². The number of nitrogens with zero attached hydrogens (tertiary/aromatic N) is 2. The maximum atomic E-state index is 14.3. The summed E-state index contributed by atoms with van der Waals surface area (Å²) in [6.45, 7) is 5.85. The Hall–Kier alpha value is -3.76. The van der Waals surface area contributed by atoms with Gasteiger partial charge in [0, 0.05) is 42.1 Å². The minimum atomic E-state index is -4.05. The Morgan fingerprint density at radius 1 is 0.963 bits per heavy atom. The molecule has 2 saturated heterocycles. The van der Waals surface area contributed by atoms with E-state index in [1.807, 2.05) is 0 Å². The number of halogens is 1. The van der Waals surface area contributed by atoms with Crippen molar-refractivity contribution in [1.82, 2.24) is 24.2 Å². The summed E-state index contributed by atoms with van der Waals surface area (Å²) < 4.78 is 53.4. The molecule has 4 N–H and O–H groups in total. The van der Waals surface area contributed by atoms with Gasteiger partial charge >= 0.3 is 16.3 Å². The average Bonchev–Trinajstić information content (AvgIpc) is 3.79. The number of alkyl carbamates (subject to hydrolysis) is 1. The smallest absolute Gasteiger partial charge is 0.407 e. The van der Waals surface area contributed by atoms with Gasteiger partial charge in [-0.05, 0) is 94.9 Å². The molecule has 14 nitrogen and oxygen atoms in total. The molecule has 2 saturated carbocycles. The second-order valence-corrected chi connectivity index (χ2v) is 17.9. The van der Waals surface area contributed by atoms with E-state index in [4.69, 9.17) is 9.47 Å². The number of aromatic nitrogens is 1. The van der Waals surface area contributed by atoms with Crippen LogP contribution in [-0.4, -0.2) is 104 Å². The predicted molar refractivity (Wildman–Crippen MR) is 200 cm³/mol. The predicted octanol–water partition coefficient (Wildman–Crippen LogP) is 4.88. The van der Waals surface area contributed by atoms with Gasteiger partial charge < -0.3 is 30.0 Å². The van der Waals surface area contributed by atoms with E-state index in [1.165, 1.54) is 16.8 Å². The van der Waals surface area contributed by atoms with Gasteiger partial charge in [-0.3, -0.25) is 14.4 Å². The monoisotopic (exact) mass is 774 g/mol. The molecule has 2 aliphatic carbocycles. The van der Waals surface area contributed by atoms with Gasteiger partial charge in [0.05, 0.1) is 19.3 Å². The average molecular weight is 775 g/mol. The van der Waals surface area contributed by atoms with Crippen LogP contribution in [0, 0.1) is 23.7 Å². The number of hydrogen-bond acceptors (Lipinski definition) is 8. The lowest BCUT2D eigenvalue weighted by molar-refractivity contribution is -0.142. The lowest BCUT2D eigenvalue weighted by Gasteiger charge is -2.37. The molecule has 298 valence electrons. The number of hydrogen-bond donors (Lipinski definition) is 4. The number of aromatic amines is 1. The summed E-state index contributed by atoms with van der Waals surface area (Å²) in [6, 6.07) is 5.37. The molecule has 1 aromatic carbocycles. The van der Waals surface area contributed by atoms with Crippen LogP contribution in [0.4, 0.5) is 14.9 Å². The lowest BCUT2D eigenvalue weighted by atomic mass is 9.76. The molecule has 0 bridgehead atoms. The maximum absolute atomic E-state index is 14.3. The fraction of sp³-hybridized carbons (Fsp3) is 0.684. The van der Waals surface area contributed by atoms with Crippen LogP contribution >= 0.6 is 0 Å². The molecule has 0 radical (unpaired) electrons. The molecule has 4 fully saturated rings. The van der Waals surface area contributed by atoms with Crippen molar-refractivity contribution in [3.63, 3.8) is 0 Å². The largest absolute Gasteiger partial charge is 0.444 e. The molecule has 54 heavy (non-hydrogen) atoms. The number of amides is 4. The van der Waals surface area contributed by atoms with Crippen LogP contribution in [-0.2, 0) is 29.3 Å². The molecular weight excluding hydrogens is 720 g/mol. The molecule has 6 rings (SSSR count). The third-order valence-electron chi connectivity index (χ3n) is 11.5. The number of ether oxygens (including phenoxy) is 2.